The minimum Gasteiger partial charge on any atom is -1.00 e. The van der Waals surface area contributed by atoms with E-state index < -0.39 is 23.3 Å². The third-order valence-electron chi connectivity index (χ3n) is 1.41. The number of carbonyl (C=O) groups excluding carboxylic acids is 1. The predicted molar refractivity (Wildman–Crippen MR) is 40.7 cm³/mol. The van der Waals surface area contributed by atoms with Crippen LogP contribution < -0.4 is 21.6 Å². The summed E-state index contributed by atoms with van der Waals surface area (Å²) < 4.78 is 6.33. The van der Waals surface area contributed by atoms with Crippen LogP contribution in [0.4, 0.5) is 0 Å². The molecule has 0 saturated carbocycles. The van der Waals surface area contributed by atoms with E-state index in [1.165, 1.54) is 10.0 Å². The van der Waals surface area contributed by atoms with Crippen molar-refractivity contribution < 1.29 is 40.5 Å². The van der Waals surface area contributed by atoms with E-state index in [9.17, 15) is 4.79 Å². The van der Waals surface area contributed by atoms with Gasteiger partial charge in [-0.25, -0.2) is 0 Å². The molecule has 0 aliphatic carbocycles. The molecular weight excluding hydrogens is 352 g/mol. The van der Waals surface area contributed by atoms with Crippen molar-refractivity contribution in [2.24, 2.45) is 0 Å². The van der Waals surface area contributed by atoms with E-state index in [1.807, 2.05) is 0 Å². The first-order chi connectivity index (χ1) is 4.20. The van der Waals surface area contributed by atoms with Gasteiger partial charge < -0.3 is 18.6 Å². The van der Waals surface area contributed by atoms with Gasteiger partial charge in [-0.05, 0) is 0 Å². The summed E-state index contributed by atoms with van der Waals surface area (Å²) in [5.74, 6) is 0.00969. The van der Waals surface area contributed by atoms with Crippen molar-refractivity contribution in [2.45, 2.75) is 15.3 Å². The van der Waals surface area contributed by atoms with E-state index in [0.717, 1.165) is 0 Å². The molecule has 0 saturated heterocycles. The van der Waals surface area contributed by atoms with Gasteiger partial charge in [-0.2, -0.15) is 0 Å². The Hall–Kier alpha value is 0.395. The Kier molecular flexibility index (Phi) is 16.5. The molecule has 3 nitrogen and oxygen atoms in total. The van der Waals surface area contributed by atoms with Gasteiger partial charge in [-0.1, -0.05) is 0 Å². The zero-order valence-corrected chi connectivity index (χ0v) is 13.7. The smallest absolute Gasteiger partial charge is 0.369 e. The van der Waals surface area contributed by atoms with Crippen LogP contribution in [0.2, 0.25) is 8.36 Å². The van der Waals surface area contributed by atoms with Crippen molar-refractivity contribution in [3.05, 3.63) is 12.7 Å². The zero-order valence-electron chi connectivity index (χ0n) is 7.48. The standard InChI is InChI=1S/C3H5NO.C2H5.CH3.ClH.Hg.H3N/c1-2-3(4)5;1-2;;;;/h2H,1H2,(H2,4,5);1H2,2H3;1H3;1H;;1H3/q;;;;+1;/p-1. The molecule has 0 aliphatic rings. The van der Waals surface area contributed by atoms with Crippen LogP contribution in [-0.4, -0.2) is 5.91 Å². The van der Waals surface area contributed by atoms with Gasteiger partial charge in [0.25, 0.3) is 0 Å². The Morgan fingerprint density at radius 3 is 2.45 bits per heavy atom. The SMILES string of the molecule is C=CC(=O)[NH][Hg]([CH3])[CH2]C.[Cl-].[NH4+]. The van der Waals surface area contributed by atoms with Gasteiger partial charge in [0, 0.05) is 0 Å². The minimum absolute atomic E-state index is 0. The van der Waals surface area contributed by atoms with Crippen LogP contribution in [0.3, 0.4) is 0 Å². The van der Waals surface area contributed by atoms with Gasteiger partial charge in [0.15, 0.2) is 0 Å². The van der Waals surface area contributed by atoms with Gasteiger partial charge in [0.2, 0.25) is 0 Å². The average Bonchev–Trinajstić information content (AvgIpc) is 1.87. The number of nitrogens with one attached hydrogen (secondary N) is 1. The molecule has 0 fully saturated rings. The molecule has 0 radical (unpaired) electrons. The first kappa shape index (κ1) is 17.5. The van der Waals surface area contributed by atoms with E-state index in [1.54, 1.807) is 0 Å². The molecule has 0 unspecified atom stereocenters. The van der Waals surface area contributed by atoms with Crippen LogP contribution >= 0.6 is 0 Å². The fraction of sp³-hybridized carbons (Fsp3) is 0.500. The van der Waals surface area contributed by atoms with Crippen molar-refractivity contribution in [2.75, 3.05) is 0 Å². The maximum atomic E-state index is 10.6. The van der Waals surface area contributed by atoms with Crippen molar-refractivity contribution >= 4 is 5.91 Å². The molecular formula is C6H16ClHgN2O. The largest absolute Gasteiger partial charge is 1.00 e. The fourth-order valence-corrected chi connectivity index (χ4v) is 4.34. The average molecular weight is 368 g/mol. The summed E-state index contributed by atoms with van der Waals surface area (Å²) in [5.41, 5.74) is 0. The molecule has 1 amide bonds. The van der Waals surface area contributed by atoms with Crippen LogP contribution in [0.1, 0.15) is 6.92 Å². The number of halogens is 1. The molecule has 0 aromatic carbocycles. The Morgan fingerprint density at radius 2 is 2.18 bits per heavy atom. The Morgan fingerprint density at radius 1 is 1.73 bits per heavy atom. The second-order valence-corrected chi connectivity index (χ2v) is 16.2. The number of amides is 1. The maximum absolute atomic E-state index is 10.6. The van der Waals surface area contributed by atoms with Crippen molar-refractivity contribution in [1.29, 1.82) is 0 Å². The van der Waals surface area contributed by atoms with Crippen molar-refractivity contribution in [1.82, 2.24) is 9.23 Å². The van der Waals surface area contributed by atoms with Crippen LogP contribution in [-0.2, 0) is 28.1 Å². The number of hydrogen-bond donors (Lipinski definition) is 2. The molecule has 0 bridgehead atoms. The van der Waals surface area contributed by atoms with E-state index in [-0.39, 0.29) is 24.5 Å². The summed E-state index contributed by atoms with van der Waals surface area (Å²) in [6.45, 7) is 5.50. The molecule has 0 aromatic heterocycles. The van der Waals surface area contributed by atoms with Gasteiger partial charge >= 0.3 is 65.1 Å². The summed E-state index contributed by atoms with van der Waals surface area (Å²) in [6.07, 6.45) is 1.34. The third-order valence-corrected chi connectivity index (χ3v) is 10.9. The molecule has 0 rings (SSSR count). The normalized spacial score (nSPS) is 6.73. The van der Waals surface area contributed by atoms with E-state index in [0.29, 0.717) is 0 Å². The summed E-state index contributed by atoms with van der Waals surface area (Å²) in [7, 11) is 0. The zero-order chi connectivity index (χ0) is 7.28. The van der Waals surface area contributed by atoms with Crippen LogP contribution in [0.15, 0.2) is 12.7 Å². The minimum atomic E-state index is -1.72. The van der Waals surface area contributed by atoms with Crippen LogP contribution in [0.5, 0.6) is 0 Å². The second-order valence-electron chi connectivity index (χ2n) is 2.35. The summed E-state index contributed by atoms with van der Waals surface area (Å²) in [4.78, 5) is 10.6. The quantitative estimate of drug-likeness (QED) is 0.472. The van der Waals surface area contributed by atoms with Crippen LogP contribution in [0, 0.1) is 0 Å². The molecule has 0 aliphatic heterocycles. The molecule has 0 atom stereocenters. The molecule has 5 heteroatoms. The van der Waals surface area contributed by atoms with Gasteiger partial charge in [0.05, 0.1) is 0 Å². The molecule has 0 heterocycles. The molecule has 0 spiro atoms. The first-order valence-electron chi connectivity index (χ1n) is 3.42. The number of hydrogen-bond acceptors (Lipinski definition) is 1. The number of quaternary nitrogens is 1. The van der Waals surface area contributed by atoms with E-state index in [4.69, 9.17) is 0 Å². The van der Waals surface area contributed by atoms with Crippen molar-refractivity contribution in [3.8, 4) is 0 Å². The van der Waals surface area contributed by atoms with E-state index in [2.05, 4.69) is 21.0 Å². The summed E-state index contributed by atoms with van der Waals surface area (Å²) >= 11 is -1.72. The van der Waals surface area contributed by atoms with Gasteiger partial charge in [0.1, 0.15) is 0 Å². The van der Waals surface area contributed by atoms with Gasteiger partial charge in [-0.15, -0.1) is 0 Å². The maximum Gasteiger partial charge on any atom is -0.369 e. The Balaban J connectivity index is -0.000000320. The monoisotopic (exact) mass is 369 g/mol. The molecule has 65 valence electrons. The first-order valence-corrected chi connectivity index (χ1v) is 15.6. The van der Waals surface area contributed by atoms with Gasteiger partial charge in [-0.3, -0.25) is 0 Å². The number of carbonyl (C=O) groups is 1. The topological polar surface area (TPSA) is 65.6 Å². The third kappa shape index (κ3) is 10.4. The molecule has 5 N–H and O–H groups in total. The number of rotatable bonds is 3. The predicted octanol–water partition coefficient (Wildman–Crippen LogP) is -1.31. The Bertz CT molecular complexity index is 121. The van der Waals surface area contributed by atoms with E-state index >= 15 is 0 Å². The van der Waals surface area contributed by atoms with Crippen molar-refractivity contribution in [3.63, 3.8) is 0 Å². The molecule has 0 aromatic rings. The molecule has 11 heavy (non-hydrogen) atoms. The Labute approximate surface area is 83.3 Å². The summed E-state index contributed by atoms with van der Waals surface area (Å²) in [6, 6.07) is 0. The van der Waals surface area contributed by atoms with Crippen LogP contribution in [0.25, 0.3) is 0 Å². The fourth-order valence-electron chi connectivity index (χ4n) is 0.495. The summed E-state index contributed by atoms with van der Waals surface area (Å²) in [5, 5.41) is 0. The second kappa shape index (κ2) is 10.4.